The number of likely N-dealkylation sites (tertiary alicyclic amines) is 1. The van der Waals surface area contributed by atoms with Crippen LogP contribution in [0.25, 0.3) is 5.69 Å². The van der Waals surface area contributed by atoms with Crippen molar-refractivity contribution >= 4 is 5.91 Å². The van der Waals surface area contributed by atoms with E-state index in [1.165, 1.54) is 6.20 Å². The van der Waals surface area contributed by atoms with Crippen molar-refractivity contribution in [3.05, 3.63) is 47.8 Å². The number of aromatic nitrogens is 2. The summed E-state index contributed by atoms with van der Waals surface area (Å²) >= 11 is 0. The molecule has 1 fully saturated rings. The number of benzene rings is 1. The van der Waals surface area contributed by atoms with Gasteiger partial charge < -0.3 is 10.6 Å². The van der Waals surface area contributed by atoms with Crippen molar-refractivity contribution in [1.82, 2.24) is 14.7 Å². The number of halogens is 3. The highest BCUT2D eigenvalue weighted by molar-refractivity contribution is 5.94. The topological polar surface area (TPSA) is 64.2 Å². The molecule has 1 aliphatic heterocycles. The van der Waals surface area contributed by atoms with Gasteiger partial charge in [0.1, 0.15) is 0 Å². The van der Waals surface area contributed by atoms with Crippen LogP contribution in [0.5, 0.6) is 0 Å². The number of hydrogen-bond donors (Lipinski definition) is 1. The van der Waals surface area contributed by atoms with Gasteiger partial charge in [0, 0.05) is 24.8 Å². The van der Waals surface area contributed by atoms with Crippen LogP contribution in [0.3, 0.4) is 0 Å². The van der Waals surface area contributed by atoms with Gasteiger partial charge in [-0.3, -0.25) is 4.79 Å². The standard InChI is InChI=1S/C17H19F3N4O/c18-17(19,20)15-6-9-24(22-15)14-3-1-2-13(10-14)16(25)23-7-4-12(11-21)5-8-23/h1-3,6,9-10,12H,4-5,7-8,11,21H2. The van der Waals surface area contributed by atoms with Crippen molar-refractivity contribution < 1.29 is 18.0 Å². The molecule has 2 N–H and O–H groups in total. The van der Waals surface area contributed by atoms with Gasteiger partial charge in [-0.1, -0.05) is 6.07 Å². The molecular formula is C17H19F3N4O. The van der Waals surface area contributed by atoms with E-state index in [1.54, 1.807) is 29.2 Å². The Labute approximate surface area is 143 Å². The molecule has 0 bridgehead atoms. The zero-order valence-electron chi connectivity index (χ0n) is 13.5. The van der Waals surface area contributed by atoms with E-state index in [-0.39, 0.29) is 5.91 Å². The third-order valence-corrected chi connectivity index (χ3v) is 4.47. The number of carbonyl (C=O) groups is 1. The normalized spacial score (nSPS) is 16.2. The molecule has 8 heteroatoms. The summed E-state index contributed by atoms with van der Waals surface area (Å²) in [5.74, 6) is 0.320. The molecule has 0 atom stereocenters. The van der Waals surface area contributed by atoms with Gasteiger partial charge in [-0.05, 0) is 49.6 Å². The lowest BCUT2D eigenvalue weighted by Crippen LogP contribution is -2.40. The summed E-state index contributed by atoms with van der Waals surface area (Å²) in [4.78, 5) is 14.4. The summed E-state index contributed by atoms with van der Waals surface area (Å²) < 4.78 is 39.2. The fourth-order valence-corrected chi connectivity index (χ4v) is 2.95. The lowest BCUT2D eigenvalue weighted by atomic mass is 9.96. The summed E-state index contributed by atoms with van der Waals surface area (Å²) in [6.45, 7) is 1.91. The SMILES string of the molecule is NCC1CCN(C(=O)c2cccc(-n3ccc(C(F)(F)F)n3)c2)CC1. The number of nitrogens with two attached hydrogens (primary N) is 1. The molecule has 2 heterocycles. The lowest BCUT2D eigenvalue weighted by molar-refractivity contribution is -0.141. The van der Waals surface area contributed by atoms with Crippen LogP contribution in [0.1, 0.15) is 28.9 Å². The molecule has 134 valence electrons. The van der Waals surface area contributed by atoms with Crippen molar-refractivity contribution in [3.8, 4) is 5.69 Å². The van der Waals surface area contributed by atoms with Crippen LogP contribution >= 0.6 is 0 Å². The Morgan fingerprint density at radius 1 is 1.24 bits per heavy atom. The van der Waals surface area contributed by atoms with Crippen LogP contribution in [-0.4, -0.2) is 40.2 Å². The molecule has 2 aromatic rings. The molecule has 5 nitrogen and oxygen atoms in total. The first-order chi connectivity index (χ1) is 11.9. The first-order valence-corrected chi connectivity index (χ1v) is 8.11. The molecule has 1 aromatic heterocycles. The maximum absolute atomic E-state index is 12.7. The summed E-state index contributed by atoms with van der Waals surface area (Å²) in [7, 11) is 0. The van der Waals surface area contributed by atoms with E-state index in [0.29, 0.717) is 36.8 Å². The predicted octanol–water partition coefficient (Wildman–Crippen LogP) is 2.70. The highest BCUT2D eigenvalue weighted by atomic mass is 19.4. The molecule has 1 saturated heterocycles. The summed E-state index contributed by atoms with van der Waals surface area (Å²) in [6, 6.07) is 7.39. The van der Waals surface area contributed by atoms with Gasteiger partial charge in [0.05, 0.1) is 5.69 Å². The van der Waals surface area contributed by atoms with Crippen LogP contribution < -0.4 is 5.73 Å². The summed E-state index contributed by atoms with van der Waals surface area (Å²) in [5.41, 5.74) is 5.55. The second-order valence-corrected chi connectivity index (χ2v) is 6.16. The van der Waals surface area contributed by atoms with E-state index in [4.69, 9.17) is 5.73 Å². The predicted molar refractivity (Wildman–Crippen MR) is 86.2 cm³/mol. The molecule has 0 spiro atoms. The summed E-state index contributed by atoms with van der Waals surface area (Å²) in [5, 5.41) is 3.54. The quantitative estimate of drug-likeness (QED) is 0.924. The third kappa shape index (κ3) is 3.84. The van der Waals surface area contributed by atoms with Gasteiger partial charge in [0.25, 0.3) is 5.91 Å². The first-order valence-electron chi connectivity index (χ1n) is 8.11. The third-order valence-electron chi connectivity index (χ3n) is 4.47. The van der Waals surface area contributed by atoms with Crippen LogP contribution in [0, 0.1) is 5.92 Å². The van der Waals surface area contributed by atoms with Crippen LogP contribution in [0.15, 0.2) is 36.5 Å². The largest absolute Gasteiger partial charge is 0.435 e. The molecule has 3 rings (SSSR count). The Bertz CT molecular complexity index is 748. The molecule has 0 radical (unpaired) electrons. The number of nitrogens with zero attached hydrogens (tertiary/aromatic N) is 3. The first kappa shape index (κ1) is 17.5. The summed E-state index contributed by atoms with van der Waals surface area (Å²) in [6.07, 6.45) is -1.52. The average Bonchev–Trinajstić information content (AvgIpc) is 3.12. The smallest absolute Gasteiger partial charge is 0.339 e. The van der Waals surface area contributed by atoms with Crippen molar-refractivity contribution in [3.63, 3.8) is 0 Å². The van der Waals surface area contributed by atoms with Crippen LogP contribution in [0.2, 0.25) is 0 Å². The Morgan fingerprint density at radius 2 is 1.96 bits per heavy atom. The second-order valence-electron chi connectivity index (χ2n) is 6.16. The molecule has 1 aromatic carbocycles. The van der Waals surface area contributed by atoms with E-state index < -0.39 is 11.9 Å². The molecule has 1 amide bonds. The zero-order chi connectivity index (χ0) is 18.0. The Morgan fingerprint density at radius 3 is 2.56 bits per heavy atom. The highest BCUT2D eigenvalue weighted by Crippen LogP contribution is 2.28. The van der Waals surface area contributed by atoms with Crippen LogP contribution in [-0.2, 0) is 6.18 Å². The number of carbonyl (C=O) groups excluding carboxylic acids is 1. The number of amides is 1. The van der Waals surface area contributed by atoms with Gasteiger partial charge in [-0.25, -0.2) is 4.68 Å². The second kappa shape index (κ2) is 6.87. The van der Waals surface area contributed by atoms with Gasteiger partial charge in [-0.15, -0.1) is 0 Å². The number of hydrogen-bond acceptors (Lipinski definition) is 3. The van der Waals surface area contributed by atoms with Crippen molar-refractivity contribution in [2.75, 3.05) is 19.6 Å². The van der Waals surface area contributed by atoms with E-state index in [1.807, 2.05) is 0 Å². The number of piperidine rings is 1. The maximum Gasteiger partial charge on any atom is 0.435 e. The molecule has 25 heavy (non-hydrogen) atoms. The van der Waals surface area contributed by atoms with Crippen LogP contribution in [0.4, 0.5) is 13.2 Å². The monoisotopic (exact) mass is 352 g/mol. The lowest BCUT2D eigenvalue weighted by Gasteiger charge is -2.31. The minimum atomic E-state index is -4.49. The minimum Gasteiger partial charge on any atom is -0.339 e. The molecule has 0 saturated carbocycles. The number of rotatable bonds is 3. The fraction of sp³-hybridized carbons (Fsp3) is 0.412. The van der Waals surface area contributed by atoms with Gasteiger partial charge >= 0.3 is 6.18 Å². The van der Waals surface area contributed by atoms with Gasteiger partial charge in [-0.2, -0.15) is 18.3 Å². The van der Waals surface area contributed by atoms with Gasteiger partial charge in [0.2, 0.25) is 0 Å². The molecular weight excluding hydrogens is 333 g/mol. The Hall–Kier alpha value is -2.35. The zero-order valence-corrected chi connectivity index (χ0v) is 13.5. The maximum atomic E-state index is 12.7. The molecule has 0 aliphatic carbocycles. The van der Waals surface area contributed by atoms with Crippen molar-refractivity contribution in [2.45, 2.75) is 19.0 Å². The van der Waals surface area contributed by atoms with E-state index in [0.717, 1.165) is 23.6 Å². The molecule has 0 unspecified atom stereocenters. The van der Waals surface area contributed by atoms with Crippen molar-refractivity contribution in [2.24, 2.45) is 11.7 Å². The van der Waals surface area contributed by atoms with E-state index in [2.05, 4.69) is 5.10 Å². The minimum absolute atomic E-state index is 0.125. The Balaban J connectivity index is 1.77. The Kier molecular flexibility index (Phi) is 4.80. The van der Waals surface area contributed by atoms with E-state index in [9.17, 15) is 18.0 Å². The highest BCUT2D eigenvalue weighted by Gasteiger charge is 2.33. The van der Waals surface area contributed by atoms with Crippen molar-refractivity contribution in [1.29, 1.82) is 0 Å². The average molecular weight is 352 g/mol. The molecule has 1 aliphatic rings. The number of alkyl halides is 3. The van der Waals surface area contributed by atoms with Gasteiger partial charge in [0.15, 0.2) is 5.69 Å². The van der Waals surface area contributed by atoms with E-state index >= 15 is 0 Å². The fourth-order valence-electron chi connectivity index (χ4n) is 2.95.